The Morgan fingerprint density at radius 1 is 0.446 bits per heavy atom. The molecule has 56 heavy (non-hydrogen) atoms. The average Bonchev–Trinajstić information content (AvgIpc) is 3.85. The van der Waals surface area contributed by atoms with Crippen LogP contribution < -0.4 is 4.90 Å². The third-order valence-electron chi connectivity index (χ3n) is 11.6. The van der Waals surface area contributed by atoms with Crippen molar-refractivity contribution in [3.63, 3.8) is 0 Å². The topological polar surface area (TPSA) is 19.0 Å². The minimum atomic E-state index is 0.341. The van der Waals surface area contributed by atoms with Crippen molar-refractivity contribution in [2.24, 2.45) is 0 Å². The van der Waals surface area contributed by atoms with Crippen LogP contribution in [0.25, 0.3) is 85.8 Å². The molecular weight excluding hydrogens is 697 g/mol. The summed E-state index contributed by atoms with van der Waals surface area (Å²) in [5, 5.41) is 10.3. The lowest BCUT2D eigenvalue weighted by Gasteiger charge is -2.28. The second kappa shape index (κ2) is 13.0. The summed E-state index contributed by atoms with van der Waals surface area (Å²) < 4.78 is 2.60. The van der Waals surface area contributed by atoms with E-state index in [1.54, 1.807) is 0 Å². The largest absolute Gasteiger partial charge is 0.354 e. The highest BCUT2D eigenvalue weighted by molar-refractivity contribution is 7.27. The van der Waals surface area contributed by atoms with E-state index >= 15 is 0 Å². The van der Waals surface area contributed by atoms with Crippen molar-refractivity contribution in [1.29, 1.82) is 0 Å². The highest BCUT2D eigenvalue weighted by atomic mass is 32.1. The first kappa shape index (κ1) is 32.7. The van der Waals surface area contributed by atoms with Gasteiger partial charge in [0.15, 0.2) is 0 Å². The summed E-state index contributed by atoms with van der Waals surface area (Å²) in [5.74, 6) is 0.341. The number of benzene rings is 9. The van der Waals surface area contributed by atoms with Gasteiger partial charge in [0.25, 0.3) is 0 Å². The van der Waals surface area contributed by atoms with E-state index in [1.807, 2.05) is 11.3 Å². The van der Waals surface area contributed by atoms with E-state index in [0.717, 1.165) is 11.4 Å². The Morgan fingerprint density at radius 2 is 1.04 bits per heavy atom. The monoisotopic (exact) mass is 734 g/mol. The fourth-order valence-electron chi connectivity index (χ4n) is 8.95. The molecule has 11 aromatic rings. The molecule has 2 heterocycles. The Bertz CT molecular complexity index is 3260. The van der Waals surface area contributed by atoms with Crippen LogP contribution in [0.1, 0.15) is 25.3 Å². The zero-order chi connectivity index (χ0) is 37.3. The predicted octanol–water partition coefficient (Wildman–Crippen LogP) is 15.9. The zero-order valence-corrected chi connectivity index (χ0v) is 32.1. The summed E-state index contributed by atoms with van der Waals surface area (Å²) >= 11 is 1.92. The molecule has 11 rings (SSSR count). The van der Waals surface area contributed by atoms with Gasteiger partial charge in [0.1, 0.15) is 0 Å². The maximum Gasteiger partial charge on any atom is 0.0640 e. The van der Waals surface area contributed by atoms with Gasteiger partial charge in [-0.2, -0.15) is 0 Å². The molecule has 2 nitrogen and oxygen atoms in total. The number of H-pyrrole nitrogens is 1. The van der Waals surface area contributed by atoms with Gasteiger partial charge >= 0.3 is 0 Å². The van der Waals surface area contributed by atoms with Crippen LogP contribution in [0.4, 0.5) is 17.1 Å². The fourth-order valence-corrected chi connectivity index (χ4v) is 10.3. The number of thiophene rings is 1. The van der Waals surface area contributed by atoms with E-state index in [9.17, 15) is 0 Å². The molecule has 0 aliphatic heterocycles. The van der Waals surface area contributed by atoms with Crippen molar-refractivity contribution in [3.8, 4) is 22.3 Å². The van der Waals surface area contributed by atoms with Crippen molar-refractivity contribution in [3.05, 3.63) is 188 Å². The van der Waals surface area contributed by atoms with Crippen LogP contribution in [-0.2, 0) is 0 Å². The number of rotatable bonds is 6. The zero-order valence-electron chi connectivity index (χ0n) is 31.3. The van der Waals surface area contributed by atoms with Gasteiger partial charge in [-0.25, -0.2) is 0 Å². The normalized spacial score (nSPS) is 11.9. The highest BCUT2D eigenvalue weighted by Gasteiger charge is 2.23. The Kier molecular flexibility index (Phi) is 7.58. The maximum atomic E-state index is 3.89. The van der Waals surface area contributed by atoms with Gasteiger partial charge in [-0.15, -0.1) is 11.3 Å². The summed E-state index contributed by atoms with van der Waals surface area (Å²) in [6, 6.07) is 66.7. The van der Waals surface area contributed by atoms with Crippen LogP contribution in [0, 0.1) is 0 Å². The number of anilines is 3. The molecule has 0 saturated carbocycles. The summed E-state index contributed by atoms with van der Waals surface area (Å²) in [7, 11) is 0. The minimum Gasteiger partial charge on any atom is -0.354 e. The number of nitrogens with zero attached hydrogens (tertiary/aromatic N) is 1. The van der Waals surface area contributed by atoms with E-state index in [4.69, 9.17) is 0 Å². The third-order valence-corrected chi connectivity index (χ3v) is 12.8. The standard InChI is InChI=1S/C53H38N2S/c1-33(2)46-32-38(28-29-39(46)36-16-7-4-8-17-36)55(37-26-24-35(25-27-37)34-14-5-3-6-15-34)48-23-13-22-44-45-30-31-47-50(53(45)56-52(44)48)49-42-20-11-9-18-40(42)41-19-10-12-21-43(41)51(49)54-47/h3-33,54H,1-2H3. The average molecular weight is 735 g/mol. The molecule has 0 aliphatic rings. The van der Waals surface area contributed by atoms with Crippen molar-refractivity contribution in [2.75, 3.05) is 4.90 Å². The summed E-state index contributed by atoms with van der Waals surface area (Å²) in [6.07, 6.45) is 0. The number of aromatic amines is 1. The molecule has 0 aliphatic carbocycles. The Balaban J connectivity index is 1.18. The van der Waals surface area contributed by atoms with Crippen LogP contribution in [0.5, 0.6) is 0 Å². The summed E-state index contributed by atoms with van der Waals surface area (Å²) in [5.41, 5.74) is 12.1. The van der Waals surface area contributed by atoms with Crippen LogP contribution >= 0.6 is 11.3 Å². The van der Waals surface area contributed by atoms with Crippen LogP contribution in [0.3, 0.4) is 0 Å². The number of hydrogen-bond acceptors (Lipinski definition) is 2. The van der Waals surface area contributed by atoms with E-state index in [1.165, 1.54) is 97.0 Å². The molecule has 0 spiro atoms. The van der Waals surface area contributed by atoms with Crippen molar-refractivity contribution < 1.29 is 0 Å². The molecule has 0 bridgehead atoms. The predicted molar refractivity (Wildman–Crippen MR) is 243 cm³/mol. The molecule has 0 fully saturated rings. The molecule has 3 heteroatoms. The molecule has 0 radical (unpaired) electrons. The Morgan fingerprint density at radius 3 is 1.77 bits per heavy atom. The van der Waals surface area contributed by atoms with E-state index < -0.39 is 0 Å². The van der Waals surface area contributed by atoms with E-state index in [2.05, 4.69) is 206 Å². The van der Waals surface area contributed by atoms with Crippen molar-refractivity contribution in [1.82, 2.24) is 4.98 Å². The van der Waals surface area contributed by atoms with E-state index in [0.29, 0.717) is 5.92 Å². The van der Waals surface area contributed by atoms with Crippen LogP contribution in [0.15, 0.2) is 182 Å². The molecule has 0 saturated heterocycles. The quantitative estimate of drug-likeness (QED) is 0.169. The highest BCUT2D eigenvalue weighted by Crippen LogP contribution is 2.50. The van der Waals surface area contributed by atoms with Crippen molar-refractivity contribution in [2.45, 2.75) is 19.8 Å². The smallest absolute Gasteiger partial charge is 0.0640 e. The third kappa shape index (κ3) is 5.08. The number of aromatic nitrogens is 1. The summed E-state index contributed by atoms with van der Waals surface area (Å²) in [4.78, 5) is 6.36. The molecule has 9 aromatic carbocycles. The number of hydrogen-bond donors (Lipinski definition) is 1. The number of fused-ring (bicyclic) bond motifs is 12. The second-order valence-corrected chi connectivity index (χ2v) is 16.1. The molecule has 2 aromatic heterocycles. The summed E-state index contributed by atoms with van der Waals surface area (Å²) in [6.45, 7) is 4.60. The molecule has 266 valence electrons. The second-order valence-electron chi connectivity index (χ2n) is 15.1. The van der Waals surface area contributed by atoms with Crippen molar-refractivity contribution >= 4 is 91.9 Å². The number of nitrogens with one attached hydrogen (secondary N) is 1. The molecular formula is C53H38N2S. The van der Waals surface area contributed by atoms with Gasteiger partial charge in [0.2, 0.25) is 0 Å². The Labute approximate surface area is 329 Å². The van der Waals surface area contributed by atoms with Gasteiger partial charge in [0.05, 0.1) is 15.9 Å². The fraction of sp³-hybridized carbons (Fsp3) is 0.0566. The van der Waals surface area contributed by atoms with E-state index in [-0.39, 0.29) is 0 Å². The van der Waals surface area contributed by atoms with Gasteiger partial charge in [-0.3, -0.25) is 0 Å². The maximum absolute atomic E-state index is 3.89. The molecule has 0 amide bonds. The first-order valence-electron chi connectivity index (χ1n) is 19.5. The molecule has 0 atom stereocenters. The Hall–Kier alpha value is -6.68. The lowest BCUT2D eigenvalue weighted by molar-refractivity contribution is 0.868. The molecule has 1 N–H and O–H groups in total. The lowest BCUT2D eigenvalue weighted by Crippen LogP contribution is -2.11. The molecule has 0 unspecified atom stereocenters. The first-order chi connectivity index (χ1) is 27.6. The van der Waals surface area contributed by atoms with Crippen LogP contribution in [0.2, 0.25) is 0 Å². The minimum absolute atomic E-state index is 0.341. The van der Waals surface area contributed by atoms with Gasteiger partial charge in [0, 0.05) is 48.5 Å². The van der Waals surface area contributed by atoms with Gasteiger partial charge in [-0.1, -0.05) is 159 Å². The van der Waals surface area contributed by atoms with Gasteiger partial charge in [-0.05, 0) is 86.3 Å². The van der Waals surface area contributed by atoms with Gasteiger partial charge < -0.3 is 9.88 Å². The lowest BCUT2D eigenvalue weighted by atomic mass is 9.91. The SMILES string of the molecule is CC(C)c1cc(N(c2ccc(-c3ccccc3)cc2)c2cccc3c2sc2c3ccc3[nH]c4c5ccccc5c5ccccc5c4c32)ccc1-c1ccccc1. The first-order valence-corrected chi connectivity index (χ1v) is 20.3. The van der Waals surface area contributed by atoms with Crippen LogP contribution in [-0.4, -0.2) is 4.98 Å².